The van der Waals surface area contributed by atoms with Crippen LogP contribution >= 0.6 is 11.6 Å². The molecule has 0 aliphatic heterocycles. The van der Waals surface area contributed by atoms with Crippen molar-refractivity contribution in [1.82, 2.24) is 4.83 Å². The predicted molar refractivity (Wildman–Crippen MR) is 124 cm³/mol. The Morgan fingerprint density at radius 2 is 1.35 bits per heavy atom. The van der Waals surface area contributed by atoms with E-state index >= 15 is 0 Å². The van der Waals surface area contributed by atoms with Gasteiger partial charge in [0.2, 0.25) is 0 Å². The molecule has 0 radical (unpaired) electrons. The van der Waals surface area contributed by atoms with Crippen molar-refractivity contribution in [2.45, 2.75) is 18.7 Å². The molecule has 0 bridgehead atoms. The van der Waals surface area contributed by atoms with Crippen LogP contribution in [0.3, 0.4) is 0 Å². The number of aryl methyl sites for hydroxylation is 1. The SMILES string of the molecule is C/C(=N/NS(=O)(=O)c1ccc(C)cc1)c1ccc(NC(=O)Nc2ccc(Cl)cc2)cc1. The molecule has 0 aliphatic carbocycles. The molecule has 0 aliphatic rings. The minimum atomic E-state index is -3.75. The fraction of sp³-hybridized carbons (Fsp3) is 0.0909. The van der Waals surface area contributed by atoms with Gasteiger partial charge in [-0.05, 0) is 67.9 Å². The maximum Gasteiger partial charge on any atom is 0.323 e. The number of halogens is 1. The molecule has 0 fully saturated rings. The van der Waals surface area contributed by atoms with Crippen LogP contribution in [0, 0.1) is 6.92 Å². The normalized spacial score (nSPS) is 11.6. The smallest absolute Gasteiger partial charge is 0.308 e. The van der Waals surface area contributed by atoms with Gasteiger partial charge in [0.05, 0.1) is 10.6 Å². The lowest BCUT2D eigenvalue weighted by Crippen LogP contribution is -2.20. The third-order valence-corrected chi connectivity index (χ3v) is 5.80. The van der Waals surface area contributed by atoms with E-state index in [-0.39, 0.29) is 4.90 Å². The fourth-order valence-electron chi connectivity index (χ4n) is 2.58. The molecule has 2 amide bonds. The lowest BCUT2D eigenvalue weighted by molar-refractivity contribution is 0.262. The number of carbonyl (C=O) groups excluding carboxylic acids is 1. The molecule has 0 saturated heterocycles. The topological polar surface area (TPSA) is 99.7 Å². The van der Waals surface area contributed by atoms with E-state index in [1.165, 1.54) is 12.1 Å². The molecule has 0 aromatic heterocycles. The molecular weight excluding hydrogens is 436 g/mol. The summed E-state index contributed by atoms with van der Waals surface area (Å²) in [7, 11) is -3.75. The van der Waals surface area contributed by atoms with Crippen LogP contribution in [-0.2, 0) is 10.0 Å². The molecule has 3 aromatic carbocycles. The number of benzene rings is 3. The number of sulfonamides is 1. The lowest BCUT2D eigenvalue weighted by Gasteiger charge is -2.09. The van der Waals surface area contributed by atoms with Crippen LogP contribution in [0.25, 0.3) is 0 Å². The minimum Gasteiger partial charge on any atom is -0.308 e. The average Bonchev–Trinajstić information content (AvgIpc) is 2.74. The van der Waals surface area contributed by atoms with Crippen molar-refractivity contribution in [2.75, 3.05) is 10.6 Å². The summed E-state index contributed by atoms with van der Waals surface area (Å²) >= 11 is 5.83. The summed E-state index contributed by atoms with van der Waals surface area (Å²) in [5.74, 6) is 0. The van der Waals surface area contributed by atoms with Gasteiger partial charge in [0.1, 0.15) is 0 Å². The third-order valence-electron chi connectivity index (χ3n) is 4.33. The summed E-state index contributed by atoms with van der Waals surface area (Å²) in [4.78, 5) is 14.5. The van der Waals surface area contributed by atoms with Crippen molar-refractivity contribution >= 4 is 44.7 Å². The molecule has 31 heavy (non-hydrogen) atoms. The molecule has 3 rings (SSSR count). The second kappa shape index (κ2) is 9.63. The molecule has 0 spiro atoms. The van der Waals surface area contributed by atoms with E-state index in [0.29, 0.717) is 27.7 Å². The number of nitrogens with one attached hydrogen (secondary N) is 3. The van der Waals surface area contributed by atoms with Crippen molar-refractivity contribution in [3.63, 3.8) is 0 Å². The highest BCUT2D eigenvalue weighted by Crippen LogP contribution is 2.15. The van der Waals surface area contributed by atoms with Crippen LogP contribution < -0.4 is 15.5 Å². The fourth-order valence-corrected chi connectivity index (χ4v) is 3.57. The molecule has 0 saturated carbocycles. The second-order valence-electron chi connectivity index (χ2n) is 6.77. The van der Waals surface area contributed by atoms with Gasteiger partial charge in [0, 0.05) is 16.4 Å². The Labute approximate surface area is 186 Å². The van der Waals surface area contributed by atoms with E-state index in [9.17, 15) is 13.2 Å². The van der Waals surface area contributed by atoms with Crippen LogP contribution in [0.1, 0.15) is 18.1 Å². The standard InChI is InChI=1S/C22H21ClN4O3S/c1-15-3-13-21(14-4-15)31(29,30)27-26-16(2)17-5-9-19(10-6-17)24-22(28)25-20-11-7-18(23)8-12-20/h3-14,27H,1-2H3,(H2,24,25,28)/b26-16-. The molecule has 3 N–H and O–H groups in total. The molecule has 0 unspecified atom stereocenters. The van der Waals surface area contributed by atoms with E-state index in [0.717, 1.165) is 5.56 Å². The summed E-state index contributed by atoms with van der Waals surface area (Å²) < 4.78 is 24.7. The Bertz CT molecular complexity index is 1190. The van der Waals surface area contributed by atoms with Crippen molar-refractivity contribution in [1.29, 1.82) is 0 Å². The summed E-state index contributed by atoms with van der Waals surface area (Å²) in [5.41, 5.74) is 3.34. The Morgan fingerprint density at radius 1 is 0.839 bits per heavy atom. The van der Waals surface area contributed by atoms with E-state index in [2.05, 4.69) is 20.6 Å². The number of hydrogen-bond donors (Lipinski definition) is 3. The van der Waals surface area contributed by atoms with Crippen LogP contribution in [0.5, 0.6) is 0 Å². The Balaban J connectivity index is 1.61. The van der Waals surface area contributed by atoms with Gasteiger partial charge in [-0.1, -0.05) is 41.4 Å². The zero-order valence-electron chi connectivity index (χ0n) is 16.9. The van der Waals surface area contributed by atoms with Gasteiger partial charge in [0.15, 0.2) is 0 Å². The highest BCUT2D eigenvalue weighted by atomic mass is 35.5. The summed E-state index contributed by atoms with van der Waals surface area (Å²) in [6.45, 7) is 3.57. The Kier molecular flexibility index (Phi) is 6.94. The number of carbonyl (C=O) groups is 1. The molecule has 0 atom stereocenters. The first kappa shape index (κ1) is 22.3. The Hall–Kier alpha value is -3.36. The summed E-state index contributed by atoms with van der Waals surface area (Å²) in [5, 5.41) is 9.99. The number of rotatable bonds is 6. The number of anilines is 2. The third kappa shape index (κ3) is 6.31. The largest absolute Gasteiger partial charge is 0.323 e. The molecule has 160 valence electrons. The lowest BCUT2D eigenvalue weighted by atomic mass is 10.1. The van der Waals surface area contributed by atoms with Gasteiger partial charge in [-0.2, -0.15) is 18.4 Å². The van der Waals surface area contributed by atoms with Gasteiger partial charge in [0.25, 0.3) is 10.0 Å². The minimum absolute atomic E-state index is 0.140. The zero-order valence-corrected chi connectivity index (χ0v) is 18.5. The van der Waals surface area contributed by atoms with Gasteiger partial charge in [-0.25, -0.2) is 4.79 Å². The first-order valence-corrected chi connectivity index (χ1v) is 11.2. The predicted octanol–water partition coefficient (Wildman–Crippen LogP) is 4.99. The first-order chi connectivity index (χ1) is 14.7. The van der Waals surface area contributed by atoms with Crippen molar-refractivity contribution < 1.29 is 13.2 Å². The van der Waals surface area contributed by atoms with E-state index in [1.54, 1.807) is 67.6 Å². The molecule has 7 nitrogen and oxygen atoms in total. The number of hydrazone groups is 1. The van der Waals surface area contributed by atoms with Crippen molar-refractivity contribution in [3.05, 3.63) is 88.9 Å². The highest BCUT2D eigenvalue weighted by molar-refractivity contribution is 7.89. The van der Waals surface area contributed by atoms with Crippen molar-refractivity contribution in [3.8, 4) is 0 Å². The van der Waals surface area contributed by atoms with E-state index < -0.39 is 16.1 Å². The summed E-state index contributed by atoms with van der Waals surface area (Å²) in [6.07, 6.45) is 0. The number of nitrogens with zero attached hydrogens (tertiary/aromatic N) is 1. The molecule has 3 aromatic rings. The number of amides is 2. The summed E-state index contributed by atoms with van der Waals surface area (Å²) in [6, 6.07) is 19.7. The van der Waals surface area contributed by atoms with E-state index in [1.807, 2.05) is 6.92 Å². The number of urea groups is 1. The quantitative estimate of drug-likeness (QED) is 0.359. The highest BCUT2D eigenvalue weighted by Gasteiger charge is 2.12. The van der Waals surface area contributed by atoms with Crippen LogP contribution in [-0.4, -0.2) is 20.2 Å². The average molecular weight is 457 g/mol. The van der Waals surface area contributed by atoms with Gasteiger partial charge in [-0.15, -0.1) is 0 Å². The van der Waals surface area contributed by atoms with Crippen molar-refractivity contribution in [2.24, 2.45) is 5.10 Å². The van der Waals surface area contributed by atoms with Crippen LogP contribution in [0.4, 0.5) is 16.2 Å². The molecule has 9 heteroatoms. The second-order valence-corrected chi connectivity index (χ2v) is 8.87. The maximum atomic E-state index is 12.3. The van der Waals surface area contributed by atoms with Crippen LogP contribution in [0.15, 0.2) is 82.8 Å². The zero-order chi connectivity index (χ0) is 22.4. The van der Waals surface area contributed by atoms with Gasteiger partial charge in [-0.3, -0.25) is 0 Å². The monoisotopic (exact) mass is 456 g/mol. The number of hydrogen-bond acceptors (Lipinski definition) is 4. The Morgan fingerprint density at radius 3 is 1.90 bits per heavy atom. The maximum absolute atomic E-state index is 12.3. The van der Waals surface area contributed by atoms with Crippen LogP contribution in [0.2, 0.25) is 5.02 Å². The first-order valence-electron chi connectivity index (χ1n) is 9.30. The van der Waals surface area contributed by atoms with E-state index in [4.69, 9.17) is 11.6 Å². The molecule has 0 heterocycles. The van der Waals surface area contributed by atoms with Gasteiger partial charge >= 0.3 is 6.03 Å². The molecular formula is C22H21ClN4O3S. The van der Waals surface area contributed by atoms with Gasteiger partial charge < -0.3 is 10.6 Å².